The van der Waals surface area contributed by atoms with Crippen LogP contribution in [0.4, 0.5) is 0 Å². The molecule has 0 amide bonds. The van der Waals surface area contributed by atoms with Gasteiger partial charge in [-0.2, -0.15) is 0 Å². The molecule has 3 aliphatic heterocycles. The van der Waals surface area contributed by atoms with Gasteiger partial charge in [-0.05, 0) is 81.1 Å². The van der Waals surface area contributed by atoms with Gasteiger partial charge >= 0.3 is 0 Å². The fourth-order valence-corrected chi connectivity index (χ4v) is 5.69. The first-order chi connectivity index (χ1) is 14.8. The lowest BCUT2D eigenvalue weighted by molar-refractivity contribution is 0.204. The van der Waals surface area contributed by atoms with Gasteiger partial charge in [0, 0.05) is 30.6 Å². The molecule has 5 rings (SSSR count). The molecule has 0 aromatic heterocycles. The molecular weight excluding hydrogens is 372 g/mol. The van der Waals surface area contributed by atoms with E-state index in [4.69, 9.17) is 4.74 Å². The van der Waals surface area contributed by atoms with Gasteiger partial charge in [0.1, 0.15) is 11.5 Å². The minimum absolute atomic E-state index is 0.226. The Kier molecular flexibility index (Phi) is 5.96. The molecule has 0 radical (unpaired) electrons. The van der Waals surface area contributed by atoms with Crippen molar-refractivity contribution in [2.24, 2.45) is 0 Å². The second-order valence-corrected chi connectivity index (χ2v) is 9.16. The molecule has 0 spiro atoms. The fourth-order valence-electron chi connectivity index (χ4n) is 5.69. The summed E-state index contributed by atoms with van der Waals surface area (Å²) in [6.45, 7) is 6.58. The van der Waals surface area contributed by atoms with Gasteiger partial charge in [-0.15, -0.1) is 0 Å². The first-order valence-electron chi connectivity index (χ1n) is 11.8. The number of benzene rings is 2. The van der Waals surface area contributed by atoms with Crippen LogP contribution in [-0.4, -0.2) is 54.2 Å². The van der Waals surface area contributed by atoms with E-state index in [1.165, 1.54) is 56.3 Å². The van der Waals surface area contributed by atoms with Crippen LogP contribution in [0, 0.1) is 0 Å². The Balaban J connectivity index is 1.31. The van der Waals surface area contributed by atoms with Crippen LogP contribution in [0.15, 0.2) is 42.5 Å². The van der Waals surface area contributed by atoms with Crippen molar-refractivity contribution in [3.63, 3.8) is 0 Å². The quantitative estimate of drug-likeness (QED) is 0.690. The van der Waals surface area contributed by atoms with Gasteiger partial charge in [-0.3, -0.25) is 4.90 Å². The number of nitrogens with zero attached hydrogens (tertiary/aromatic N) is 2. The average Bonchev–Trinajstić information content (AvgIpc) is 3.26. The SMILES string of the molecule is Oc1ccccc1[C@H]1CN2CCC[C@H]2c2cc(OCCCN3CCCCC3)ccc21. The fraction of sp³-hybridized carbons (Fsp3) is 0.538. The molecule has 2 aromatic carbocycles. The van der Waals surface area contributed by atoms with Crippen molar-refractivity contribution in [2.45, 2.75) is 50.5 Å². The van der Waals surface area contributed by atoms with Gasteiger partial charge in [0.15, 0.2) is 0 Å². The molecule has 0 bridgehead atoms. The van der Waals surface area contributed by atoms with Crippen molar-refractivity contribution in [3.8, 4) is 11.5 Å². The Bertz CT molecular complexity index is 862. The van der Waals surface area contributed by atoms with Gasteiger partial charge in [-0.25, -0.2) is 0 Å². The van der Waals surface area contributed by atoms with Crippen molar-refractivity contribution < 1.29 is 9.84 Å². The number of ether oxygens (including phenoxy) is 1. The zero-order valence-corrected chi connectivity index (χ0v) is 17.9. The second kappa shape index (κ2) is 8.99. The van der Waals surface area contributed by atoms with Crippen molar-refractivity contribution in [1.82, 2.24) is 9.80 Å². The lowest BCUT2D eigenvalue weighted by atomic mass is 9.81. The maximum Gasteiger partial charge on any atom is 0.119 e. The van der Waals surface area contributed by atoms with Gasteiger partial charge in [-0.1, -0.05) is 30.7 Å². The number of phenolic OH excluding ortho intramolecular Hbond substituents is 1. The molecule has 0 aliphatic carbocycles. The minimum Gasteiger partial charge on any atom is -0.508 e. The molecular formula is C26H34N2O2. The molecule has 30 heavy (non-hydrogen) atoms. The third kappa shape index (κ3) is 4.08. The number of aromatic hydroxyl groups is 1. The number of rotatable bonds is 6. The van der Waals surface area contributed by atoms with Crippen LogP contribution in [0.1, 0.15) is 67.2 Å². The lowest BCUT2D eigenvalue weighted by Gasteiger charge is -2.38. The van der Waals surface area contributed by atoms with Crippen LogP contribution in [-0.2, 0) is 0 Å². The summed E-state index contributed by atoms with van der Waals surface area (Å²) in [5.74, 6) is 1.63. The van der Waals surface area contributed by atoms with E-state index in [1.807, 2.05) is 18.2 Å². The zero-order valence-electron chi connectivity index (χ0n) is 17.9. The smallest absolute Gasteiger partial charge is 0.119 e. The Labute approximate surface area is 180 Å². The van der Waals surface area contributed by atoms with Crippen molar-refractivity contribution in [2.75, 3.05) is 39.3 Å². The highest BCUT2D eigenvalue weighted by molar-refractivity contribution is 5.49. The van der Waals surface area contributed by atoms with E-state index in [2.05, 4.69) is 34.1 Å². The standard InChI is InChI=1S/C26H34N2O2/c29-26-10-3-2-8-22(26)24-19-28-16-6-9-25(28)23-18-20(11-12-21(23)24)30-17-7-15-27-13-4-1-5-14-27/h2-3,8,10-12,18,24-25,29H,1,4-7,9,13-17,19H2/t24-,25-/m0/s1. The molecule has 0 saturated carbocycles. The summed E-state index contributed by atoms with van der Waals surface area (Å²) < 4.78 is 6.18. The number of hydrogen-bond acceptors (Lipinski definition) is 4. The van der Waals surface area contributed by atoms with Gasteiger partial charge in [0.25, 0.3) is 0 Å². The molecule has 4 heteroatoms. The second-order valence-electron chi connectivity index (χ2n) is 9.16. The molecule has 1 N–H and O–H groups in total. The number of hydrogen-bond donors (Lipinski definition) is 1. The summed E-state index contributed by atoms with van der Waals surface area (Å²) >= 11 is 0. The molecule has 0 unspecified atom stereocenters. The molecule has 4 nitrogen and oxygen atoms in total. The van der Waals surface area contributed by atoms with Crippen molar-refractivity contribution in [3.05, 3.63) is 59.2 Å². The summed E-state index contributed by atoms with van der Waals surface area (Å²) in [6.07, 6.45) is 7.65. The van der Waals surface area contributed by atoms with Gasteiger partial charge in [0.05, 0.1) is 6.61 Å². The van der Waals surface area contributed by atoms with Crippen LogP contribution in [0.3, 0.4) is 0 Å². The van der Waals surface area contributed by atoms with Crippen LogP contribution in [0.25, 0.3) is 0 Å². The molecule has 3 heterocycles. The molecule has 160 valence electrons. The summed E-state index contributed by atoms with van der Waals surface area (Å²) in [4.78, 5) is 5.17. The average molecular weight is 407 g/mol. The third-order valence-corrected chi connectivity index (χ3v) is 7.22. The van der Waals surface area contributed by atoms with E-state index in [-0.39, 0.29) is 5.92 Å². The van der Waals surface area contributed by atoms with Crippen LogP contribution in [0.5, 0.6) is 11.5 Å². The highest BCUT2D eigenvalue weighted by atomic mass is 16.5. The van der Waals surface area contributed by atoms with E-state index >= 15 is 0 Å². The van der Waals surface area contributed by atoms with Crippen molar-refractivity contribution >= 4 is 0 Å². The molecule has 2 fully saturated rings. The molecule has 2 saturated heterocycles. The Hall–Kier alpha value is -2.04. The Morgan fingerprint density at radius 2 is 1.77 bits per heavy atom. The molecule has 2 aromatic rings. The van der Waals surface area contributed by atoms with Crippen LogP contribution >= 0.6 is 0 Å². The van der Waals surface area contributed by atoms with E-state index in [9.17, 15) is 5.11 Å². The first-order valence-corrected chi connectivity index (χ1v) is 11.8. The summed E-state index contributed by atoms with van der Waals surface area (Å²) in [7, 11) is 0. The van der Waals surface area contributed by atoms with Crippen LogP contribution in [0.2, 0.25) is 0 Å². The highest BCUT2D eigenvalue weighted by Crippen LogP contribution is 2.46. The van der Waals surface area contributed by atoms with E-state index in [1.54, 1.807) is 0 Å². The highest BCUT2D eigenvalue weighted by Gasteiger charge is 2.37. The van der Waals surface area contributed by atoms with E-state index in [0.717, 1.165) is 44.0 Å². The molecule has 3 aliphatic rings. The summed E-state index contributed by atoms with van der Waals surface area (Å²) in [5, 5.41) is 10.5. The number of fused-ring (bicyclic) bond motifs is 3. The van der Waals surface area contributed by atoms with Gasteiger partial charge < -0.3 is 14.7 Å². The topological polar surface area (TPSA) is 35.9 Å². The third-order valence-electron chi connectivity index (χ3n) is 7.22. The Morgan fingerprint density at radius 3 is 2.63 bits per heavy atom. The van der Waals surface area contributed by atoms with E-state index in [0.29, 0.717) is 11.8 Å². The predicted octanol–water partition coefficient (Wildman–Crippen LogP) is 4.93. The lowest BCUT2D eigenvalue weighted by Crippen LogP contribution is -2.34. The molecule has 2 atom stereocenters. The predicted molar refractivity (Wildman–Crippen MR) is 120 cm³/mol. The zero-order chi connectivity index (χ0) is 20.3. The van der Waals surface area contributed by atoms with Crippen molar-refractivity contribution in [1.29, 1.82) is 0 Å². The summed E-state index contributed by atoms with van der Waals surface area (Å²) in [5.41, 5.74) is 3.81. The number of piperidine rings is 1. The minimum atomic E-state index is 0.226. The van der Waals surface area contributed by atoms with Gasteiger partial charge in [0.2, 0.25) is 0 Å². The number of para-hydroxylation sites is 1. The van der Waals surface area contributed by atoms with Crippen LogP contribution < -0.4 is 4.74 Å². The maximum atomic E-state index is 10.5. The number of likely N-dealkylation sites (tertiary alicyclic amines) is 1. The van der Waals surface area contributed by atoms with E-state index < -0.39 is 0 Å². The first kappa shape index (κ1) is 19.9. The number of phenols is 1. The Morgan fingerprint density at radius 1 is 0.900 bits per heavy atom. The maximum absolute atomic E-state index is 10.5. The monoisotopic (exact) mass is 406 g/mol. The largest absolute Gasteiger partial charge is 0.508 e. The summed E-state index contributed by atoms with van der Waals surface area (Å²) in [6, 6.07) is 15.0. The normalized spacial score (nSPS) is 24.4.